The molecule has 8 nitrogen and oxygen atoms in total. The number of nitro benzene ring substituents is 1. The molecule has 2 heterocycles. The second-order valence-corrected chi connectivity index (χ2v) is 6.17. The Labute approximate surface area is 160 Å². The van der Waals surface area contributed by atoms with Gasteiger partial charge in [0.2, 0.25) is 5.82 Å². The molecule has 0 spiro atoms. The lowest BCUT2D eigenvalue weighted by molar-refractivity contribution is -0.383. The summed E-state index contributed by atoms with van der Waals surface area (Å²) in [6.45, 7) is 1.95. The standard InChI is InChI=1S/C20H16N4O4/c1-13(14-6-3-2-4-7-14)21-16-10-9-15(12-17(16)24(25)26)20-22-19(23-28-20)18-8-5-11-27-18/h2-13,21H,1H3. The first-order valence-corrected chi connectivity index (χ1v) is 8.59. The highest BCUT2D eigenvalue weighted by molar-refractivity contribution is 5.70. The van der Waals surface area contributed by atoms with Crippen LogP contribution in [-0.2, 0) is 0 Å². The monoisotopic (exact) mass is 376 g/mol. The van der Waals surface area contributed by atoms with Crippen LogP contribution in [0.25, 0.3) is 23.0 Å². The van der Waals surface area contributed by atoms with Crippen LogP contribution in [0.4, 0.5) is 11.4 Å². The minimum absolute atomic E-state index is 0.0713. The molecule has 8 heteroatoms. The lowest BCUT2D eigenvalue weighted by Gasteiger charge is -2.15. The number of nitrogens with zero attached hydrogens (tertiary/aromatic N) is 3. The van der Waals surface area contributed by atoms with Gasteiger partial charge in [0.05, 0.1) is 11.2 Å². The molecule has 28 heavy (non-hydrogen) atoms. The summed E-state index contributed by atoms with van der Waals surface area (Å²) in [5.41, 5.74) is 1.82. The third kappa shape index (κ3) is 3.48. The zero-order valence-corrected chi connectivity index (χ0v) is 14.9. The van der Waals surface area contributed by atoms with E-state index in [0.29, 0.717) is 17.0 Å². The first kappa shape index (κ1) is 17.5. The molecule has 1 atom stereocenters. The van der Waals surface area contributed by atoms with Crippen LogP contribution in [-0.4, -0.2) is 15.1 Å². The topological polar surface area (TPSA) is 107 Å². The van der Waals surface area contributed by atoms with E-state index in [-0.39, 0.29) is 23.4 Å². The van der Waals surface area contributed by atoms with E-state index in [9.17, 15) is 10.1 Å². The summed E-state index contributed by atoms with van der Waals surface area (Å²) in [4.78, 5) is 15.4. The first-order valence-electron chi connectivity index (χ1n) is 8.59. The molecule has 2 aromatic carbocycles. The molecule has 0 aliphatic rings. The van der Waals surface area contributed by atoms with Crippen LogP contribution in [0.2, 0.25) is 0 Å². The van der Waals surface area contributed by atoms with E-state index in [0.717, 1.165) is 5.56 Å². The van der Waals surface area contributed by atoms with E-state index < -0.39 is 4.92 Å². The van der Waals surface area contributed by atoms with Crippen molar-refractivity contribution in [2.45, 2.75) is 13.0 Å². The van der Waals surface area contributed by atoms with Crippen molar-refractivity contribution in [1.82, 2.24) is 10.1 Å². The van der Waals surface area contributed by atoms with Crippen LogP contribution >= 0.6 is 0 Å². The molecule has 0 saturated carbocycles. The van der Waals surface area contributed by atoms with Gasteiger partial charge in [0.25, 0.3) is 11.6 Å². The first-order chi connectivity index (χ1) is 13.6. The highest BCUT2D eigenvalue weighted by Gasteiger charge is 2.20. The van der Waals surface area contributed by atoms with Crippen molar-refractivity contribution in [2.24, 2.45) is 0 Å². The van der Waals surface area contributed by atoms with Crippen molar-refractivity contribution >= 4 is 11.4 Å². The zero-order valence-electron chi connectivity index (χ0n) is 14.9. The third-order valence-electron chi connectivity index (χ3n) is 4.28. The molecule has 0 bridgehead atoms. The molecule has 0 aliphatic heterocycles. The van der Waals surface area contributed by atoms with Gasteiger partial charge >= 0.3 is 0 Å². The SMILES string of the molecule is CC(Nc1ccc(-c2nc(-c3ccco3)no2)cc1[N+](=O)[O-])c1ccccc1. The number of anilines is 1. The molecule has 140 valence electrons. The Bertz CT molecular complexity index is 1090. The molecule has 0 amide bonds. The molecule has 0 aliphatic carbocycles. The summed E-state index contributed by atoms with van der Waals surface area (Å²) in [6, 6.07) is 17.8. The fourth-order valence-electron chi connectivity index (χ4n) is 2.84. The number of aromatic nitrogens is 2. The number of hydrogen-bond donors (Lipinski definition) is 1. The zero-order chi connectivity index (χ0) is 19.5. The van der Waals surface area contributed by atoms with Gasteiger partial charge in [-0.05, 0) is 36.8 Å². The second kappa shape index (κ2) is 7.36. The molecule has 4 rings (SSSR count). The van der Waals surface area contributed by atoms with Crippen LogP contribution in [0, 0.1) is 10.1 Å². The minimum atomic E-state index is -0.437. The van der Waals surface area contributed by atoms with Gasteiger partial charge in [0, 0.05) is 17.7 Å². The predicted octanol–water partition coefficient (Wildman–Crippen LogP) is 5.08. The Morgan fingerprint density at radius 1 is 1.11 bits per heavy atom. The normalized spacial score (nSPS) is 11.9. The summed E-state index contributed by atoms with van der Waals surface area (Å²) in [5, 5.41) is 18.6. The number of furan rings is 1. The number of hydrogen-bond acceptors (Lipinski definition) is 7. The summed E-state index contributed by atoms with van der Waals surface area (Å²) in [7, 11) is 0. The van der Waals surface area contributed by atoms with Gasteiger partial charge in [-0.2, -0.15) is 4.98 Å². The molecule has 0 fully saturated rings. The molecular weight excluding hydrogens is 360 g/mol. The van der Waals surface area contributed by atoms with Crippen molar-refractivity contribution in [3.05, 3.63) is 82.6 Å². The van der Waals surface area contributed by atoms with E-state index in [1.165, 1.54) is 12.3 Å². The molecule has 1 unspecified atom stereocenters. The minimum Gasteiger partial charge on any atom is -0.461 e. The van der Waals surface area contributed by atoms with Crippen LogP contribution in [0.1, 0.15) is 18.5 Å². The van der Waals surface area contributed by atoms with E-state index in [4.69, 9.17) is 8.94 Å². The Hall–Kier alpha value is -3.94. The molecule has 4 aromatic rings. The predicted molar refractivity (Wildman–Crippen MR) is 103 cm³/mol. The highest BCUT2D eigenvalue weighted by Crippen LogP contribution is 2.33. The van der Waals surface area contributed by atoms with E-state index in [2.05, 4.69) is 15.5 Å². The van der Waals surface area contributed by atoms with E-state index >= 15 is 0 Å². The van der Waals surface area contributed by atoms with Crippen molar-refractivity contribution in [2.75, 3.05) is 5.32 Å². The van der Waals surface area contributed by atoms with Crippen LogP contribution in [0.3, 0.4) is 0 Å². The lowest BCUT2D eigenvalue weighted by Crippen LogP contribution is -2.08. The van der Waals surface area contributed by atoms with Gasteiger partial charge in [-0.15, -0.1) is 0 Å². The van der Waals surface area contributed by atoms with Crippen LogP contribution in [0.5, 0.6) is 0 Å². The van der Waals surface area contributed by atoms with Crippen molar-refractivity contribution < 1.29 is 13.9 Å². The molecular formula is C20H16N4O4. The van der Waals surface area contributed by atoms with Crippen molar-refractivity contribution in [3.8, 4) is 23.0 Å². The van der Waals surface area contributed by atoms with Crippen molar-refractivity contribution in [3.63, 3.8) is 0 Å². The van der Waals surface area contributed by atoms with Gasteiger partial charge in [0.15, 0.2) is 5.76 Å². The summed E-state index contributed by atoms with van der Waals surface area (Å²) < 4.78 is 10.5. The lowest BCUT2D eigenvalue weighted by atomic mass is 10.1. The van der Waals surface area contributed by atoms with E-state index in [1.807, 2.05) is 37.3 Å². The summed E-state index contributed by atoms with van der Waals surface area (Å²) in [6.07, 6.45) is 1.50. The van der Waals surface area contributed by atoms with Gasteiger partial charge in [-0.25, -0.2) is 0 Å². The van der Waals surface area contributed by atoms with Gasteiger partial charge in [-0.3, -0.25) is 10.1 Å². The Morgan fingerprint density at radius 3 is 2.64 bits per heavy atom. The fraction of sp³-hybridized carbons (Fsp3) is 0.100. The molecule has 0 saturated heterocycles. The van der Waals surface area contributed by atoms with Crippen LogP contribution < -0.4 is 5.32 Å². The van der Waals surface area contributed by atoms with Gasteiger partial charge < -0.3 is 14.3 Å². The molecule has 0 radical (unpaired) electrons. The maximum Gasteiger partial charge on any atom is 0.293 e. The summed E-state index contributed by atoms with van der Waals surface area (Å²) >= 11 is 0. The average Bonchev–Trinajstić information content (AvgIpc) is 3.40. The average molecular weight is 376 g/mol. The Morgan fingerprint density at radius 2 is 1.93 bits per heavy atom. The van der Waals surface area contributed by atoms with Crippen LogP contribution in [0.15, 0.2) is 75.9 Å². The molecule has 1 N–H and O–H groups in total. The number of nitrogens with one attached hydrogen (secondary N) is 1. The maximum absolute atomic E-state index is 11.6. The maximum atomic E-state index is 11.6. The van der Waals surface area contributed by atoms with Gasteiger partial charge in [0.1, 0.15) is 5.69 Å². The number of nitro groups is 1. The molecule has 2 aromatic heterocycles. The highest BCUT2D eigenvalue weighted by atomic mass is 16.6. The van der Waals surface area contributed by atoms with Crippen molar-refractivity contribution in [1.29, 1.82) is 0 Å². The quantitative estimate of drug-likeness (QED) is 0.369. The fourth-order valence-corrected chi connectivity index (χ4v) is 2.84. The second-order valence-electron chi connectivity index (χ2n) is 6.17. The van der Waals surface area contributed by atoms with E-state index in [1.54, 1.807) is 24.3 Å². The number of rotatable bonds is 6. The van der Waals surface area contributed by atoms with Gasteiger partial charge in [-0.1, -0.05) is 35.5 Å². The Kier molecular flexibility index (Phi) is 4.59. The summed E-state index contributed by atoms with van der Waals surface area (Å²) in [5.74, 6) is 0.916. The Balaban J connectivity index is 1.63. The smallest absolute Gasteiger partial charge is 0.293 e. The number of benzene rings is 2. The third-order valence-corrected chi connectivity index (χ3v) is 4.28. The largest absolute Gasteiger partial charge is 0.461 e.